The van der Waals surface area contributed by atoms with Crippen molar-refractivity contribution >= 4 is 88.6 Å². The number of primary amides is 1. The maximum Gasteiger partial charge on any atom is 0.305 e. The number of aliphatic hydroxyl groups is 3. The van der Waals surface area contributed by atoms with Gasteiger partial charge in [-0.3, -0.25) is 72.1 Å². The number of likely N-dealkylation sites (tertiary alicyclic amines) is 1. The number of nitrogens with zero attached hydrogens (tertiary/aromatic N) is 3. The van der Waals surface area contributed by atoms with Crippen LogP contribution in [0.2, 0.25) is 0 Å². The molecule has 1 unspecified atom stereocenters. The Labute approximate surface area is 711 Å². The van der Waals surface area contributed by atoms with Crippen molar-refractivity contribution in [2.75, 3.05) is 24.7 Å². The zero-order chi connectivity index (χ0) is 89.7. The number of rotatable bonds is 54. The molecule has 38 heteroatoms. The number of aromatic nitrogens is 2. The molecule has 37 nitrogen and oxygen atoms in total. The van der Waals surface area contributed by atoms with Gasteiger partial charge in [0, 0.05) is 63.2 Å². The normalized spacial score (nSPS) is 16.0. The Hall–Kier alpha value is -12.3. The van der Waals surface area contributed by atoms with E-state index in [2.05, 4.69) is 68.8 Å². The zero-order valence-electron chi connectivity index (χ0n) is 69.3. The van der Waals surface area contributed by atoms with Crippen LogP contribution >= 0.6 is 0 Å². The maximum atomic E-state index is 15.5. The lowest BCUT2D eigenvalue weighted by atomic mass is 9.90. The van der Waals surface area contributed by atoms with E-state index in [1.165, 1.54) is 68.0 Å². The van der Waals surface area contributed by atoms with Gasteiger partial charge in [-0.05, 0) is 105 Å². The highest BCUT2D eigenvalue weighted by molar-refractivity contribution is 6.01. The second-order valence-corrected chi connectivity index (χ2v) is 31.2. The van der Waals surface area contributed by atoms with Crippen molar-refractivity contribution in [3.05, 3.63) is 156 Å². The van der Waals surface area contributed by atoms with Gasteiger partial charge in [0.15, 0.2) is 0 Å². The summed E-state index contributed by atoms with van der Waals surface area (Å²) < 4.78 is 15.5. The van der Waals surface area contributed by atoms with E-state index in [9.17, 15) is 92.7 Å². The smallest absolute Gasteiger partial charge is 0.305 e. The van der Waals surface area contributed by atoms with Gasteiger partial charge in [-0.15, -0.1) is 5.53 Å². The van der Waals surface area contributed by atoms with E-state index >= 15 is 4.39 Å². The van der Waals surface area contributed by atoms with Crippen molar-refractivity contribution < 1.29 is 102 Å². The lowest BCUT2D eigenvalue weighted by molar-refractivity contribution is -0.142. The molecule has 0 saturated carbocycles. The van der Waals surface area contributed by atoms with Crippen LogP contribution in [-0.2, 0) is 92.8 Å². The highest BCUT2D eigenvalue weighted by atomic mass is 19.1. The predicted molar refractivity (Wildman–Crippen MR) is 446 cm³/mol. The molecule has 0 radical (unpaired) electrons. The van der Waals surface area contributed by atoms with Gasteiger partial charge < -0.3 is 105 Å². The van der Waals surface area contributed by atoms with E-state index in [1.807, 2.05) is 36.5 Å². The Morgan fingerprint density at radius 1 is 0.585 bits per heavy atom. The van der Waals surface area contributed by atoms with E-state index in [-0.39, 0.29) is 44.2 Å². The molecule has 4 aromatic carbocycles. The average molecular weight is 1710 g/mol. The van der Waals surface area contributed by atoms with Gasteiger partial charge in [0.05, 0.1) is 55.5 Å². The standard InChI is InChI=1S/C85H116FN17O20/c1-51(105)73(98-84(123)85(3,45-57-25-20-21-27-61(57)86)99-82(121)74(52(2)106)97-69(107)47-90-76(115)63(38-39-71(110)111)92-80(119)68-28-22-40-102(68)83(122)62(87)43-59-46-89-50-91-59)81(120)96-67(49-104)79(118)95-66(44-72(112)113)78(117)94-65(42-53-30-34-56(35-31-53)55-23-16-15-17-24-55)77(116)93-64(75(88)114)41-54-32-36-60(37-33-54)103-48-58(100-101-103)26-18-13-11-9-7-5-4-6-8-10-12-14-19-29-70(108)109/h15-17,20-21,23-25,27,30-37,46,48,50-52,62-68,73-74,100-101,104-106H,4-14,18-19,22,26,28-29,38-45,47,49,87H2,1-3H3,(H2,88,114)(H,89,91)(H,90,115)(H,92,119)(H,93,116)(H,94,117)(H,95,118)(H,96,120)(H,97,107)(H,98,123)(H,99,121)(H,108,109)(H,110,111)(H,112,113)/t51-,52-,62+,63+,64+,65+,66+,67+,68+,73+,74+,85?/m1/s1. The molecule has 1 fully saturated rings. The fraction of sp³-hybridized carbons (Fsp3) is 0.494. The molecule has 0 bridgehead atoms. The molecule has 0 spiro atoms. The number of hydrogen-bond donors (Lipinski definition) is 20. The minimum absolute atomic E-state index is 0.0376. The summed E-state index contributed by atoms with van der Waals surface area (Å²) in [5.41, 5.74) is 20.7. The number of H-pyrrole nitrogens is 1. The number of halogens is 1. The minimum atomic E-state index is -2.43. The summed E-state index contributed by atoms with van der Waals surface area (Å²) in [5, 5.41) is 83.8. The lowest BCUT2D eigenvalue weighted by Crippen LogP contribution is -2.67. The fourth-order valence-electron chi connectivity index (χ4n) is 14.2. The first-order valence-electron chi connectivity index (χ1n) is 41.4. The second kappa shape index (κ2) is 49.6. The number of nitrogens with two attached hydrogens (primary N) is 2. The number of amides is 11. The number of carboxylic acids is 3. The number of imidazole rings is 1. The van der Waals surface area contributed by atoms with Gasteiger partial charge in [-0.2, -0.15) is 0 Å². The SMILES string of the molecule is C[C@@H](O)[C@H](NC(=O)CNC(=O)[C@H](CCC(=O)O)NC(=O)[C@@H]1CCCN1C(=O)[C@@H](N)Cc1c[nH]cn1)C(=O)NC(C)(Cc1ccccc1F)C(=O)N[C@H](C(=O)N[C@@H](CO)C(=O)N[C@@H](CC(=O)O)C(=O)N[C@@H](Cc1ccc(-c2ccccc2)cc1)C(=O)N[C@@H](Cc1ccc(N2C=C(CCCCCCCCCCCCCCCC(=O)O)NN2)cc1)C(N)=O)[C@@H](C)O. The van der Waals surface area contributed by atoms with Gasteiger partial charge in [0.25, 0.3) is 0 Å². The average Bonchev–Trinajstić information content (AvgIpc) is 1.46. The number of aliphatic hydroxyl groups excluding tert-OH is 3. The maximum absolute atomic E-state index is 15.5. The second-order valence-electron chi connectivity index (χ2n) is 31.2. The van der Waals surface area contributed by atoms with Gasteiger partial charge in [-0.25, -0.2) is 9.37 Å². The number of anilines is 1. The van der Waals surface area contributed by atoms with Gasteiger partial charge in [-0.1, -0.05) is 156 Å². The summed E-state index contributed by atoms with van der Waals surface area (Å²) >= 11 is 0. The van der Waals surface area contributed by atoms with Crippen molar-refractivity contribution in [3.63, 3.8) is 0 Å². The first-order valence-corrected chi connectivity index (χ1v) is 41.4. The highest BCUT2D eigenvalue weighted by Gasteiger charge is 2.44. The van der Waals surface area contributed by atoms with Crippen LogP contribution < -0.4 is 75.3 Å². The molecule has 12 atom stereocenters. The Balaban J connectivity index is 0.978. The molecular formula is C85H116FN17O20. The third-order valence-electron chi connectivity index (χ3n) is 21.1. The molecule has 668 valence electrons. The van der Waals surface area contributed by atoms with Crippen LogP contribution in [0.25, 0.3) is 11.1 Å². The van der Waals surface area contributed by atoms with Crippen LogP contribution in [0.15, 0.2) is 128 Å². The third-order valence-corrected chi connectivity index (χ3v) is 21.1. The first-order chi connectivity index (χ1) is 58.7. The Morgan fingerprint density at radius 2 is 1.13 bits per heavy atom. The number of allylic oxidation sites excluding steroid dienone is 1. The van der Waals surface area contributed by atoms with Crippen LogP contribution in [0.5, 0.6) is 0 Å². The van der Waals surface area contributed by atoms with E-state index in [4.69, 9.17) is 16.6 Å². The molecule has 1 aromatic heterocycles. The van der Waals surface area contributed by atoms with Gasteiger partial charge in [0.1, 0.15) is 59.7 Å². The van der Waals surface area contributed by atoms with Crippen molar-refractivity contribution in [1.82, 2.24) is 73.7 Å². The summed E-state index contributed by atoms with van der Waals surface area (Å²) in [5.74, 6) is -17.0. The molecule has 123 heavy (non-hydrogen) atoms. The number of nitrogens with one attached hydrogen (secondary N) is 12. The molecule has 2 aliphatic rings. The van der Waals surface area contributed by atoms with Crippen LogP contribution in [0.1, 0.15) is 172 Å². The minimum Gasteiger partial charge on any atom is -0.481 e. The first kappa shape index (κ1) is 97.9. The molecule has 5 aromatic rings. The largest absolute Gasteiger partial charge is 0.481 e. The number of hydrazine groups is 2. The molecule has 22 N–H and O–H groups in total. The Bertz CT molecular complexity index is 4410. The van der Waals surface area contributed by atoms with Crippen molar-refractivity contribution in [2.24, 2.45) is 11.5 Å². The number of hydrogen-bond acceptors (Lipinski definition) is 22. The van der Waals surface area contributed by atoms with Gasteiger partial charge in [0.2, 0.25) is 65.0 Å². The van der Waals surface area contributed by atoms with Crippen molar-refractivity contribution in [3.8, 4) is 11.1 Å². The molecule has 11 amide bonds. The number of aromatic amines is 1. The summed E-state index contributed by atoms with van der Waals surface area (Å²) in [7, 11) is 0. The number of unbranched alkanes of at least 4 members (excludes halogenated alkanes) is 12. The lowest BCUT2D eigenvalue weighted by Gasteiger charge is -2.34. The monoisotopic (exact) mass is 1710 g/mol. The molecule has 7 rings (SSSR count). The van der Waals surface area contributed by atoms with E-state index in [0.717, 1.165) is 101 Å². The summed E-state index contributed by atoms with van der Waals surface area (Å²) in [6, 6.07) is 13.0. The van der Waals surface area contributed by atoms with E-state index in [1.54, 1.807) is 59.7 Å². The molecule has 2 aliphatic heterocycles. The predicted octanol–water partition coefficient (Wildman–Crippen LogP) is 1.37. The molecular weight excluding hydrogens is 1600 g/mol. The van der Waals surface area contributed by atoms with Crippen LogP contribution in [0.3, 0.4) is 0 Å². The van der Waals surface area contributed by atoms with Crippen molar-refractivity contribution in [1.29, 1.82) is 0 Å². The highest BCUT2D eigenvalue weighted by Crippen LogP contribution is 2.26. The zero-order valence-corrected chi connectivity index (χ0v) is 69.3. The molecule has 3 heterocycles. The fourth-order valence-corrected chi connectivity index (χ4v) is 14.2. The van der Waals surface area contributed by atoms with E-state index in [0.29, 0.717) is 23.2 Å². The van der Waals surface area contributed by atoms with Crippen LogP contribution in [-0.4, -0.2) is 220 Å². The van der Waals surface area contributed by atoms with Crippen LogP contribution in [0.4, 0.5) is 10.1 Å². The summed E-state index contributed by atoms with van der Waals surface area (Å²) in [4.78, 5) is 197. The topological polar surface area (TPSA) is 580 Å². The van der Waals surface area contributed by atoms with Crippen LogP contribution in [0, 0.1) is 5.82 Å². The number of carbonyl (C=O) groups is 14. The van der Waals surface area contributed by atoms with Gasteiger partial charge >= 0.3 is 17.9 Å². The Morgan fingerprint density at radius 3 is 1.72 bits per heavy atom. The number of carbonyl (C=O) groups excluding carboxylic acids is 11. The summed E-state index contributed by atoms with van der Waals surface area (Å²) in [6.45, 7) is 0.974. The Kier molecular flexibility index (Phi) is 39.5. The molecule has 0 aliphatic carbocycles. The molecule has 1 saturated heterocycles. The third kappa shape index (κ3) is 32.3. The van der Waals surface area contributed by atoms with E-state index < -0.39 is 200 Å². The number of benzene rings is 4. The number of aliphatic carboxylic acids is 3. The van der Waals surface area contributed by atoms with Crippen molar-refractivity contribution in [2.45, 2.75) is 247 Å². The summed E-state index contributed by atoms with van der Waals surface area (Å²) in [6.07, 6.45) is 13.6. The number of carboxylic acid groups (broad SMARTS) is 3. The quantitative estimate of drug-likeness (QED) is 0.0244.